The lowest BCUT2D eigenvalue weighted by molar-refractivity contribution is 0.0945. The minimum Gasteiger partial charge on any atom is -0.350 e. The number of nitrogens with zero attached hydrogens (tertiary/aromatic N) is 5. The van der Waals surface area contributed by atoms with Gasteiger partial charge in [0.25, 0.3) is 5.91 Å². The van der Waals surface area contributed by atoms with Crippen LogP contribution in [0.15, 0.2) is 24.7 Å². The molecule has 0 saturated carbocycles. The van der Waals surface area contributed by atoms with Gasteiger partial charge in [0, 0.05) is 26.2 Å². The monoisotopic (exact) mass is 302 g/mol. The van der Waals surface area contributed by atoms with E-state index >= 15 is 0 Å². The lowest BCUT2D eigenvalue weighted by atomic mass is 10.3. The van der Waals surface area contributed by atoms with Crippen molar-refractivity contribution < 1.29 is 9.18 Å². The summed E-state index contributed by atoms with van der Waals surface area (Å²) in [6.07, 6.45) is 3.65. The van der Waals surface area contributed by atoms with Crippen LogP contribution in [-0.4, -0.2) is 36.6 Å². The van der Waals surface area contributed by atoms with E-state index < -0.39 is 11.9 Å². The number of imidazole rings is 1. The third-order valence-corrected chi connectivity index (χ3v) is 3.38. The van der Waals surface area contributed by atoms with Crippen molar-refractivity contribution in [3.8, 4) is 0 Å². The average molecular weight is 302 g/mol. The third kappa shape index (κ3) is 2.54. The highest BCUT2D eigenvalue weighted by molar-refractivity contribution is 5.93. The van der Waals surface area contributed by atoms with E-state index in [9.17, 15) is 9.18 Å². The molecule has 1 amide bonds. The average Bonchev–Trinajstić information content (AvgIpc) is 3.03. The van der Waals surface area contributed by atoms with Crippen LogP contribution in [-0.2, 0) is 13.5 Å². The van der Waals surface area contributed by atoms with Crippen LogP contribution < -0.4 is 5.32 Å². The summed E-state index contributed by atoms with van der Waals surface area (Å²) in [6.45, 7) is 2.21. The Labute approximate surface area is 125 Å². The Hall–Kier alpha value is -2.77. The van der Waals surface area contributed by atoms with Gasteiger partial charge in [0.1, 0.15) is 17.8 Å². The van der Waals surface area contributed by atoms with Crippen LogP contribution in [0.5, 0.6) is 0 Å². The van der Waals surface area contributed by atoms with E-state index in [1.807, 2.05) is 14.0 Å². The Kier molecular flexibility index (Phi) is 3.58. The predicted octanol–water partition coefficient (Wildman–Crippen LogP) is 0.883. The summed E-state index contributed by atoms with van der Waals surface area (Å²) in [5.41, 5.74) is 1.16. The zero-order valence-corrected chi connectivity index (χ0v) is 12.2. The Bertz CT molecular complexity index is 837. The molecule has 3 rings (SSSR count). The summed E-state index contributed by atoms with van der Waals surface area (Å²) < 4.78 is 17.2. The minimum absolute atomic E-state index is 0.205. The van der Waals surface area contributed by atoms with E-state index in [4.69, 9.17) is 0 Å². The number of carbonyl (C=O) groups is 1. The molecule has 0 unspecified atom stereocenters. The minimum atomic E-state index is -0.661. The van der Waals surface area contributed by atoms with Crippen molar-refractivity contribution in [3.63, 3.8) is 0 Å². The fourth-order valence-corrected chi connectivity index (χ4v) is 2.17. The molecule has 3 heterocycles. The molecule has 0 fully saturated rings. The summed E-state index contributed by atoms with van der Waals surface area (Å²) in [4.78, 5) is 16.1. The predicted molar refractivity (Wildman–Crippen MR) is 76.9 cm³/mol. The first kappa shape index (κ1) is 14.2. The summed E-state index contributed by atoms with van der Waals surface area (Å²) in [5.74, 6) is -0.460. The summed E-state index contributed by atoms with van der Waals surface area (Å²) >= 11 is 0. The van der Waals surface area contributed by atoms with Crippen LogP contribution in [0.4, 0.5) is 4.39 Å². The van der Waals surface area contributed by atoms with E-state index in [-0.39, 0.29) is 5.69 Å². The molecule has 0 aliphatic carbocycles. The number of fused-ring (bicyclic) bond motifs is 1. The number of hydrogen-bond donors (Lipinski definition) is 1. The molecular formula is C14H15FN6O. The number of hydrogen-bond acceptors (Lipinski definition) is 4. The number of rotatable bonds is 4. The molecular weight excluding hydrogens is 287 g/mol. The molecule has 3 aromatic rings. The lowest BCUT2D eigenvalue weighted by Crippen LogP contribution is -2.27. The van der Waals surface area contributed by atoms with Crippen LogP contribution in [0.1, 0.15) is 21.9 Å². The first-order chi connectivity index (χ1) is 10.6. The maximum atomic E-state index is 14.2. The molecule has 0 saturated heterocycles. The molecule has 7 nitrogen and oxygen atoms in total. The van der Waals surface area contributed by atoms with Crippen molar-refractivity contribution in [3.05, 3.63) is 47.7 Å². The van der Waals surface area contributed by atoms with Crippen LogP contribution in [0.2, 0.25) is 0 Å². The number of carbonyl (C=O) groups excluding carboxylic acids is 1. The van der Waals surface area contributed by atoms with Gasteiger partial charge in [-0.3, -0.25) is 9.20 Å². The molecule has 0 aromatic carbocycles. The number of amides is 1. The topological polar surface area (TPSA) is 77.1 Å². The van der Waals surface area contributed by atoms with Gasteiger partial charge in [-0.05, 0) is 24.6 Å². The quantitative estimate of drug-likeness (QED) is 0.776. The van der Waals surface area contributed by atoms with Gasteiger partial charge >= 0.3 is 0 Å². The van der Waals surface area contributed by atoms with Gasteiger partial charge in [-0.2, -0.15) is 4.39 Å². The van der Waals surface area contributed by atoms with Crippen molar-refractivity contribution in [2.75, 3.05) is 6.54 Å². The van der Waals surface area contributed by atoms with E-state index in [0.717, 1.165) is 11.4 Å². The fourth-order valence-electron chi connectivity index (χ4n) is 2.17. The van der Waals surface area contributed by atoms with Gasteiger partial charge in [0.05, 0.1) is 0 Å². The number of pyridine rings is 1. The van der Waals surface area contributed by atoms with E-state index in [1.165, 1.54) is 4.40 Å². The van der Waals surface area contributed by atoms with Crippen LogP contribution in [0.25, 0.3) is 5.65 Å². The highest BCUT2D eigenvalue weighted by atomic mass is 19.1. The van der Waals surface area contributed by atoms with Crippen molar-refractivity contribution in [1.82, 2.24) is 29.5 Å². The van der Waals surface area contributed by atoms with Gasteiger partial charge in [-0.25, -0.2) is 4.98 Å². The van der Waals surface area contributed by atoms with Gasteiger partial charge in [-0.1, -0.05) is 0 Å². The fraction of sp³-hybridized carbons (Fsp3) is 0.286. The maximum absolute atomic E-state index is 14.2. The maximum Gasteiger partial charge on any atom is 0.274 e. The third-order valence-electron chi connectivity index (χ3n) is 3.38. The van der Waals surface area contributed by atoms with Gasteiger partial charge in [0.2, 0.25) is 5.95 Å². The SMILES string of the molecule is Cc1ccn2c(F)c(C(=O)NCCc3nncn3C)nc2c1. The first-order valence-electron chi connectivity index (χ1n) is 6.81. The van der Waals surface area contributed by atoms with Crippen molar-refractivity contribution in [1.29, 1.82) is 0 Å². The highest BCUT2D eigenvalue weighted by Crippen LogP contribution is 2.12. The summed E-state index contributed by atoms with van der Waals surface area (Å²) in [5, 5.41) is 10.3. The molecule has 0 aliphatic heterocycles. The first-order valence-corrected chi connectivity index (χ1v) is 6.81. The second kappa shape index (κ2) is 5.55. The van der Waals surface area contributed by atoms with Crippen molar-refractivity contribution in [2.45, 2.75) is 13.3 Å². The van der Waals surface area contributed by atoms with Crippen LogP contribution in [0.3, 0.4) is 0 Å². The van der Waals surface area contributed by atoms with Gasteiger partial charge in [0.15, 0.2) is 5.69 Å². The highest BCUT2D eigenvalue weighted by Gasteiger charge is 2.18. The number of aryl methyl sites for hydroxylation is 2. The van der Waals surface area contributed by atoms with Gasteiger partial charge < -0.3 is 9.88 Å². The van der Waals surface area contributed by atoms with E-state index in [0.29, 0.717) is 18.6 Å². The lowest BCUT2D eigenvalue weighted by Gasteiger charge is -2.02. The molecule has 0 bridgehead atoms. The zero-order valence-electron chi connectivity index (χ0n) is 12.2. The molecule has 3 aromatic heterocycles. The summed E-state index contributed by atoms with van der Waals surface area (Å²) in [7, 11) is 1.82. The van der Waals surface area contributed by atoms with E-state index in [1.54, 1.807) is 29.2 Å². The molecule has 22 heavy (non-hydrogen) atoms. The molecule has 0 aliphatic rings. The van der Waals surface area contributed by atoms with Crippen molar-refractivity contribution in [2.24, 2.45) is 7.05 Å². The largest absolute Gasteiger partial charge is 0.350 e. The molecule has 8 heteroatoms. The standard InChI is InChI=1S/C14H15FN6O/c1-9-4-6-21-11(7-9)18-12(13(21)15)14(22)16-5-3-10-19-17-8-20(10)2/h4,6-8H,3,5H2,1-2H3,(H,16,22). The normalized spacial score (nSPS) is 11.0. The van der Waals surface area contributed by atoms with Crippen LogP contribution >= 0.6 is 0 Å². The molecule has 0 atom stereocenters. The zero-order chi connectivity index (χ0) is 15.7. The van der Waals surface area contributed by atoms with Gasteiger partial charge in [-0.15, -0.1) is 10.2 Å². The number of nitrogens with one attached hydrogen (secondary N) is 1. The summed E-state index contributed by atoms with van der Waals surface area (Å²) in [6, 6.07) is 3.48. The second-order valence-corrected chi connectivity index (χ2v) is 5.05. The Morgan fingerprint density at radius 1 is 1.45 bits per heavy atom. The number of halogens is 1. The Morgan fingerprint density at radius 2 is 2.27 bits per heavy atom. The Balaban J connectivity index is 1.72. The molecule has 0 spiro atoms. The smallest absolute Gasteiger partial charge is 0.274 e. The molecule has 0 radical (unpaired) electrons. The molecule has 1 N–H and O–H groups in total. The number of aromatic nitrogens is 5. The second-order valence-electron chi connectivity index (χ2n) is 5.05. The van der Waals surface area contributed by atoms with Crippen molar-refractivity contribution >= 4 is 11.6 Å². The van der Waals surface area contributed by atoms with Crippen LogP contribution in [0, 0.1) is 12.9 Å². The van der Waals surface area contributed by atoms with E-state index in [2.05, 4.69) is 20.5 Å². The Morgan fingerprint density at radius 3 is 3.00 bits per heavy atom. The molecule has 114 valence electrons.